The molecule has 1 heterocycles. The van der Waals surface area contributed by atoms with E-state index in [0.717, 1.165) is 44.7 Å². The SMILES string of the molecule is CN(CCc1cccc(N)c1)C1CCOCC1. The van der Waals surface area contributed by atoms with Crippen molar-refractivity contribution in [1.29, 1.82) is 0 Å². The molecule has 0 unspecified atom stereocenters. The first-order valence-corrected chi connectivity index (χ1v) is 6.38. The molecule has 1 fully saturated rings. The number of nitrogens with zero attached hydrogens (tertiary/aromatic N) is 1. The van der Waals surface area contributed by atoms with Gasteiger partial charge in [-0.15, -0.1) is 0 Å². The highest BCUT2D eigenvalue weighted by Gasteiger charge is 2.17. The van der Waals surface area contributed by atoms with Crippen LogP contribution in [-0.4, -0.2) is 37.7 Å². The van der Waals surface area contributed by atoms with Gasteiger partial charge in [0.25, 0.3) is 0 Å². The van der Waals surface area contributed by atoms with Gasteiger partial charge in [-0.1, -0.05) is 12.1 Å². The molecule has 1 saturated heterocycles. The van der Waals surface area contributed by atoms with E-state index in [-0.39, 0.29) is 0 Å². The molecule has 0 amide bonds. The summed E-state index contributed by atoms with van der Waals surface area (Å²) in [5, 5.41) is 0. The Morgan fingerprint density at radius 2 is 2.12 bits per heavy atom. The Hall–Kier alpha value is -1.06. The van der Waals surface area contributed by atoms with E-state index < -0.39 is 0 Å². The normalized spacial score (nSPS) is 17.5. The molecular weight excluding hydrogens is 212 g/mol. The number of hydrogen-bond acceptors (Lipinski definition) is 3. The maximum Gasteiger partial charge on any atom is 0.0480 e. The van der Waals surface area contributed by atoms with Crippen LogP contribution >= 0.6 is 0 Å². The molecule has 0 aromatic heterocycles. The third kappa shape index (κ3) is 3.72. The molecular formula is C14H22N2O. The molecule has 2 rings (SSSR count). The van der Waals surface area contributed by atoms with Gasteiger partial charge in [0.1, 0.15) is 0 Å². The van der Waals surface area contributed by atoms with E-state index in [2.05, 4.69) is 24.1 Å². The monoisotopic (exact) mass is 234 g/mol. The number of rotatable bonds is 4. The topological polar surface area (TPSA) is 38.5 Å². The van der Waals surface area contributed by atoms with Crippen LogP contribution in [0, 0.1) is 0 Å². The lowest BCUT2D eigenvalue weighted by Gasteiger charge is -2.31. The van der Waals surface area contributed by atoms with E-state index in [1.54, 1.807) is 0 Å². The molecule has 0 atom stereocenters. The highest BCUT2D eigenvalue weighted by atomic mass is 16.5. The number of anilines is 1. The summed E-state index contributed by atoms with van der Waals surface area (Å²) in [5.74, 6) is 0. The van der Waals surface area contributed by atoms with Gasteiger partial charge in [0.2, 0.25) is 0 Å². The average Bonchev–Trinajstić information content (AvgIpc) is 2.37. The predicted octanol–water partition coefficient (Wildman–Crippen LogP) is 1.92. The van der Waals surface area contributed by atoms with E-state index in [9.17, 15) is 0 Å². The lowest BCUT2D eigenvalue weighted by atomic mass is 10.1. The molecule has 17 heavy (non-hydrogen) atoms. The first-order chi connectivity index (χ1) is 8.25. The zero-order valence-electron chi connectivity index (χ0n) is 10.6. The number of nitrogen functional groups attached to an aromatic ring is 1. The Bertz CT molecular complexity index is 348. The summed E-state index contributed by atoms with van der Waals surface area (Å²) in [6, 6.07) is 8.86. The molecule has 0 spiro atoms. The van der Waals surface area contributed by atoms with Crippen LogP contribution < -0.4 is 5.73 Å². The molecule has 94 valence electrons. The molecule has 0 saturated carbocycles. The maximum atomic E-state index is 5.78. The van der Waals surface area contributed by atoms with Crippen LogP contribution in [0.1, 0.15) is 18.4 Å². The van der Waals surface area contributed by atoms with Crippen molar-refractivity contribution in [3.05, 3.63) is 29.8 Å². The van der Waals surface area contributed by atoms with Crippen molar-refractivity contribution in [2.75, 3.05) is 32.5 Å². The standard InChI is InChI=1S/C14H22N2O/c1-16(14-6-9-17-10-7-14)8-5-12-3-2-4-13(15)11-12/h2-4,11,14H,5-10,15H2,1H3. The van der Waals surface area contributed by atoms with Gasteiger partial charge >= 0.3 is 0 Å². The van der Waals surface area contributed by atoms with Crippen molar-refractivity contribution < 1.29 is 4.74 Å². The summed E-state index contributed by atoms with van der Waals surface area (Å²) in [6.45, 7) is 2.91. The van der Waals surface area contributed by atoms with Crippen LogP contribution in [0.4, 0.5) is 5.69 Å². The molecule has 3 heteroatoms. The Balaban J connectivity index is 1.80. The molecule has 0 radical (unpaired) electrons. The number of benzene rings is 1. The third-order valence-corrected chi connectivity index (χ3v) is 3.52. The zero-order valence-corrected chi connectivity index (χ0v) is 10.6. The predicted molar refractivity (Wildman–Crippen MR) is 71.0 cm³/mol. The molecule has 0 bridgehead atoms. The van der Waals surface area contributed by atoms with Gasteiger partial charge in [-0.25, -0.2) is 0 Å². The molecule has 2 N–H and O–H groups in total. The molecule has 0 aliphatic carbocycles. The quantitative estimate of drug-likeness (QED) is 0.809. The maximum absolute atomic E-state index is 5.78. The molecule has 1 aromatic rings. The molecule has 1 aliphatic heterocycles. The lowest BCUT2D eigenvalue weighted by Crippen LogP contribution is -2.37. The van der Waals surface area contributed by atoms with E-state index >= 15 is 0 Å². The summed E-state index contributed by atoms with van der Waals surface area (Å²) in [4.78, 5) is 2.45. The summed E-state index contributed by atoms with van der Waals surface area (Å²) in [7, 11) is 2.21. The zero-order chi connectivity index (χ0) is 12.1. The van der Waals surface area contributed by atoms with Gasteiger partial charge in [0.05, 0.1) is 0 Å². The Labute approximate surface area is 104 Å². The Morgan fingerprint density at radius 1 is 1.35 bits per heavy atom. The van der Waals surface area contributed by atoms with Crippen LogP contribution in [0.15, 0.2) is 24.3 Å². The van der Waals surface area contributed by atoms with Crippen LogP contribution in [0.2, 0.25) is 0 Å². The highest BCUT2D eigenvalue weighted by molar-refractivity contribution is 5.40. The van der Waals surface area contributed by atoms with Crippen LogP contribution in [-0.2, 0) is 11.2 Å². The van der Waals surface area contributed by atoms with Gasteiger partial charge in [0.15, 0.2) is 0 Å². The second-order valence-electron chi connectivity index (χ2n) is 4.82. The summed E-state index contributed by atoms with van der Waals surface area (Å²) < 4.78 is 5.39. The molecule has 1 aromatic carbocycles. The van der Waals surface area contributed by atoms with E-state index in [1.807, 2.05) is 12.1 Å². The van der Waals surface area contributed by atoms with Crippen molar-refractivity contribution >= 4 is 5.69 Å². The Morgan fingerprint density at radius 3 is 2.82 bits per heavy atom. The minimum absolute atomic E-state index is 0.685. The van der Waals surface area contributed by atoms with Gasteiger partial charge in [-0.05, 0) is 44.0 Å². The van der Waals surface area contributed by atoms with Crippen molar-refractivity contribution in [2.24, 2.45) is 0 Å². The minimum Gasteiger partial charge on any atom is -0.399 e. The summed E-state index contributed by atoms with van der Waals surface area (Å²) in [6.07, 6.45) is 3.39. The third-order valence-electron chi connectivity index (χ3n) is 3.52. The van der Waals surface area contributed by atoms with Gasteiger partial charge in [-0.3, -0.25) is 0 Å². The van der Waals surface area contributed by atoms with Gasteiger partial charge in [0, 0.05) is 31.5 Å². The first-order valence-electron chi connectivity index (χ1n) is 6.38. The van der Waals surface area contributed by atoms with Crippen LogP contribution in [0.25, 0.3) is 0 Å². The summed E-state index contributed by atoms with van der Waals surface area (Å²) >= 11 is 0. The van der Waals surface area contributed by atoms with Crippen LogP contribution in [0.3, 0.4) is 0 Å². The van der Waals surface area contributed by atoms with Gasteiger partial charge < -0.3 is 15.4 Å². The number of nitrogens with two attached hydrogens (primary N) is 1. The van der Waals surface area contributed by atoms with Crippen molar-refractivity contribution in [3.63, 3.8) is 0 Å². The van der Waals surface area contributed by atoms with Crippen LogP contribution in [0.5, 0.6) is 0 Å². The van der Waals surface area contributed by atoms with E-state index in [1.165, 1.54) is 5.56 Å². The smallest absolute Gasteiger partial charge is 0.0480 e. The summed E-state index contributed by atoms with van der Waals surface area (Å²) in [5.41, 5.74) is 7.96. The fraction of sp³-hybridized carbons (Fsp3) is 0.571. The number of likely N-dealkylation sites (N-methyl/N-ethyl adjacent to an activating group) is 1. The van der Waals surface area contributed by atoms with Gasteiger partial charge in [-0.2, -0.15) is 0 Å². The Kier molecular flexibility index (Phi) is 4.40. The molecule has 3 nitrogen and oxygen atoms in total. The largest absolute Gasteiger partial charge is 0.399 e. The number of ether oxygens (including phenoxy) is 1. The van der Waals surface area contributed by atoms with Crippen molar-refractivity contribution in [3.8, 4) is 0 Å². The number of hydrogen-bond donors (Lipinski definition) is 1. The minimum atomic E-state index is 0.685. The van der Waals surface area contributed by atoms with E-state index in [4.69, 9.17) is 10.5 Å². The highest BCUT2D eigenvalue weighted by Crippen LogP contribution is 2.14. The van der Waals surface area contributed by atoms with Crippen molar-refractivity contribution in [2.45, 2.75) is 25.3 Å². The second-order valence-corrected chi connectivity index (χ2v) is 4.82. The fourth-order valence-corrected chi connectivity index (χ4v) is 2.36. The second kappa shape index (κ2) is 6.03. The van der Waals surface area contributed by atoms with Crippen molar-refractivity contribution in [1.82, 2.24) is 4.90 Å². The fourth-order valence-electron chi connectivity index (χ4n) is 2.36. The first kappa shape index (κ1) is 12.4. The molecule has 1 aliphatic rings. The average molecular weight is 234 g/mol. The van der Waals surface area contributed by atoms with E-state index in [0.29, 0.717) is 6.04 Å². The lowest BCUT2D eigenvalue weighted by molar-refractivity contribution is 0.0434.